The standard InChI is InChI=1S/C6H14N4O2.C3H5NO.2C3H6O/c7-9-5(11)3-1-2-4-6(12)10-8;1-2-3(4)5;2*1-3(2)4/h1-4,7-8H2,(H,9,11)(H,10,12);2H,1H2,(H2,4,5);2*1-2H3. The number of nitrogens with two attached hydrogens (primary N) is 3. The molecule has 0 bridgehead atoms. The average Bonchev–Trinajstić information content (AvgIpc) is 2.50. The number of ketones is 2. The Kier molecular flexibility index (Phi) is 28.7. The molecule has 0 heterocycles. The minimum absolute atomic E-state index is 0.167. The number of amides is 3. The Bertz CT molecular complexity index is 387. The Labute approximate surface area is 148 Å². The van der Waals surface area contributed by atoms with Gasteiger partial charge in [-0.3, -0.25) is 25.2 Å². The number of rotatable bonds is 6. The van der Waals surface area contributed by atoms with Crippen LogP contribution in [0.4, 0.5) is 0 Å². The molecule has 0 saturated heterocycles. The SMILES string of the molecule is C=CC(N)=O.CC(C)=O.CC(C)=O.NNC(=O)CCCCC(=O)NN. The van der Waals surface area contributed by atoms with Crippen molar-refractivity contribution in [2.75, 3.05) is 0 Å². The van der Waals surface area contributed by atoms with Gasteiger partial charge < -0.3 is 15.3 Å². The molecule has 146 valence electrons. The number of unbranched alkanes of at least 4 members (excludes halogenated alkanes) is 1. The highest BCUT2D eigenvalue weighted by Gasteiger charge is 2.00. The fourth-order valence-electron chi connectivity index (χ4n) is 0.715. The lowest BCUT2D eigenvalue weighted by Gasteiger charge is -1.99. The second kappa shape index (κ2) is 23.7. The van der Waals surface area contributed by atoms with Crippen LogP contribution in [0.2, 0.25) is 0 Å². The van der Waals surface area contributed by atoms with Crippen molar-refractivity contribution in [2.45, 2.75) is 53.4 Å². The molecule has 0 saturated carbocycles. The predicted octanol–water partition coefficient (Wildman–Crippen LogP) is -0.625. The van der Waals surface area contributed by atoms with E-state index in [1.807, 2.05) is 10.9 Å². The predicted molar refractivity (Wildman–Crippen MR) is 95.2 cm³/mol. The molecular formula is C15H31N5O5. The van der Waals surface area contributed by atoms with Crippen molar-refractivity contribution in [1.82, 2.24) is 10.9 Å². The lowest BCUT2D eigenvalue weighted by Crippen LogP contribution is -2.30. The molecule has 0 aliphatic carbocycles. The van der Waals surface area contributed by atoms with E-state index in [1.165, 1.54) is 27.7 Å². The molecule has 10 heteroatoms. The number of nitrogens with one attached hydrogen (secondary N) is 2. The molecule has 0 aromatic rings. The van der Waals surface area contributed by atoms with Gasteiger partial charge in [0.05, 0.1) is 0 Å². The highest BCUT2D eigenvalue weighted by molar-refractivity contribution is 5.85. The van der Waals surface area contributed by atoms with Crippen molar-refractivity contribution >= 4 is 29.3 Å². The highest BCUT2D eigenvalue weighted by Crippen LogP contribution is 1.98. The molecule has 10 nitrogen and oxygen atoms in total. The third-order valence-electron chi connectivity index (χ3n) is 1.58. The number of carbonyl (C=O) groups is 5. The largest absolute Gasteiger partial charge is 0.366 e. The Morgan fingerprint density at radius 2 is 1.00 bits per heavy atom. The minimum atomic E-state index is -0.481. The van der Waals surface area contributed by atoms with Crippen LogP contribution in [-0.4, -0.2) is 29.3 Å². The molecule has 0 rings (SSSR count). The monoisotopic (exact) mass is 361 g/mol. The summed E-state index contributed by atoms with van der Waals surface area (Å²) in [6.07, 6.45) is 3.01. The van der Waals surface area contributed by atoms with Crippen molar-refractivity contribution < 1.29 is 24.0 Å². The molecule has 0 fully saturated rings. The van der Waals surface area contributed by atoms with Crippen molar-refractivity contribution in [3.05, 3.63) is 12.7 Å². The van der Waals surface area contributed by atoms with Crippen LogP contribution in [0.1, 0.15) is 53.4 Å². The van der Waals surface area contributed by atoms with Crippen LogP contribution in [0.15, 0.2) is 12.7 Å². The van der Waals surface area contributed by atoms with Crippen LogP contribution < -0.4 is 28.3 Å². The van der Waals surface area contributed by atoms with Crippen LogP contribution in [0.5, 0.6) is 0 Å². The molecular weight excluding hydrogens is 330 g/mol. The molecule has 0 unspecified atom stereocenters. The zero-order valence-electron chi connectivity index (χ0n) is 15.4. The molecule has 0 spiro atoms. The van der Waals surface area contributed by atoms with E-state index < -0.39 is 5.91 Å². The van der Waals surface area contributed by atoms with E-state index in [4.69, 9.17) is 11.7 Å². The van der Waals surface area contributed by atoms with Crippen LogP contribution in [-0.2, 0) is 24.0 Å². The Hall–Kier alpha value is -2.59. The van der Waals surface area contributed by atoms with Gasteiger partial charge in [0.2, 0.25) is 17.7 Å². The lowest BCUT2D eigenvalue weighted by molar-refractivity contribution is -0.123. The molecule has 0 aromatic carbocycles. The highest BCUT2D eigenvalue weighted by atomic mass is 16.2. The van der Waals surface area contributed by atoms with Crippen molar-refractivity contribution in [3.63, 3.8) is 0 Å². The first-order valence-corrected chi connectivity index (χ1v) is 7.29. The maximum Gasteiger partial charge on any atom is 0.240 e. The smallest absolute Gasteiger partial charge is 0.240 e. The van der Waals surface area contributed by atoms with Gasteiger partial charge in [-0.2, -0.15) is 0 Å². The summed E-state index contributed by atoms with van der Waals surface area (Å²) in [6, 6.07) is 0. The summed E-state index contributed by atoms with van der Waals surface area (Å²) >= 11 is 0. The second-order valence-corrected chi connectivity index (χ2v) is 4.77. The number of hydrazine groups is 2. The van der Waals surface area contributed by atoms with E-state index in [1.54, 1.807) is 0 Å². The zero-order chi connectivity index (χ0) is 20.8. The summed E-state index contributed by atoms with van der Waals surface area (Å²) in [5.74, 6) is 9.10. The fourth-order valence-corrected chi connectivity index (χ4v) is 0.715. The molecule has 0 aliphatic heterocycles. The quantitative estimate of drug-likeness (QED) is 0.137. The van der Waals surface area contributed by atoms with E-state index in [0.717, 1.165) is 6.08 Å². The maximum atomic E-state index is 10.6. The molecule has 0 aliphatic rings. The maximum absolute atomic E-state index is 10.6. The molecule has 8 N–H and O–H groups in total. The van der Waals surface area contributed by atoms with E-state index in [2.05, 4.69) is 12.3 Å². The third kappa shape index (κ3) is 74.4. The number of Topliss-reactive ketones (excluding diaryl/α,β-unsaturated/α-hetero) is 2. The average molecular weight is 361 g/mol. The van der Waals surface area contributed by atoms with Gasteiger partial charge in [0.1, 0.15) is 11.6 Å². The molecule has 0 aromatic heterocycles. The first-order valence-electron chi connectivity index (χ1n) is 7.29. The summed E-state index contributed by atoms with van der Waals surface area (Å²) in [6.45, 7) is 9.20. The summed E-state index contributed by atoms with van der Waals surface area (Å²) in [5, 5.41) is 0. The molecule has 25 heavy (non-hydrogen) atoms. The number of carbonyl (C=O) groups excluding carboxylic acids is 5. The van der Waals surface area contributed by atoms with Crippen molar-refractivity contribution in [3.8, 4) is 0 Å². The van der Waals surface area contributed by atoms with Gasteiger partial charge in [0.15, 0.2) is 0 Å². The summed E-state index contributed by atoms with van der Waals surface area (Å²) in [5.41, 5.74) is 8.54. The Balaban J connectivity index is -0.000000140. The topological polar surface area (TPSA) is 187 Å². The van der Waals surface area contributed by atoms with Gasteiger partial charge in [0.25, 0.3) is 0 Å². The van der Waals surface area contributed by atoms with Gasteiger partial charge in [-0.1, -0.05) is 6.58 Å². The van der Waals surface area contributed by atoms with Crippen LogP contribution in [0.3, 0.4) is 0 Å². The van der Waals surface area contributed by atoms with Crippen LogP contribution in [0, 0.1) is 0 Å². The third-order valence-corrected chi connectivity index (χ3v) is 1.58. The van der Waals surface area contributed by atoms with E-state index >= 15 is 0 Å². The zero-order valence-corrected chi connectivity index (χ0v) is 15.4. The normalized spacial score (nSPS) is 7.76. The number of primary amides is 1. The van der Waals surface area contributed by atoms with Crippen molar-refractivity contribution in [1.29, 1.82) is 0 Å². The number of hydrogen-bond donors (Lipinski definition) is 5. The van der Waals surface area contributed by atoms with Gasteiger partial charge >= 0.3 is 0 Å². The van der Waals surface area contributed by atoms with Crippen molar-refractivity contribution in [2.24, 2.45) is 17.4 Å². The Morgan fingerprint density at radius 1 is 0.800 bits per heavy atom. The minimum Gasteiger partial charge on any atom is -0.366 e. The fraction of sp³-hybridized carbons (Fsp3) is 0.533. The van der Waals surface area contributed by atoms with Gasteiger partial charge in [-0.05, 0) is 46.6 Å². The first-order chi connectivity index (χ1) is 11.4. The van der Waals surface area contributed by atoms with E-state index in [-0.39, 0.29) is 23.4 Å². The summed E-state index contributed by atoms with van der Waals surface area (Å²) in [4.78, 5) is 49.5. The lowest BCUT2D eigenvalue weighted by atomic mass is 10.2. The molecule has 0 atom stereocenters. The van der Waals surface area contributed by atoms with Gasteiger partial charge in [-0.25, -0.2) is 11.7 Å². The second-order valence-electron chi connectivity index (χ2n) is 4.77. The van der Waals surface area contributed by atoms with Crippen LogP contribution in [0.25, 0.3) is 0 Å². The Morgan fingerprint density at radius 3 is 1.12 bits per heavy atom. The van der Waals surface area contributed by atoms with E-state index in [0.29, 0.717) is 25.7 Å². The molecule has 3 amide bonds. The first kappa shape index (κ1) is 30.3. The number of hydrogen-bond acceptors (Lipinski definition) is 7. The van der Waals surface area contributed by atoms with E-state index in [9.17, 15) is 24.0 Å². The van der Waals surface area contributed by atoms with Gasteiger partial charge in [-0.15, -0.1) is 0 Å². The van der Waals surface area contributed by atoms with Gasteiger partial charge in [0, 0.05) is 12.8 Å². The summed E-state index contributed by atoms with van der Waals surface area (Å²) < 4.78 is 0. The molecule has 0 radical (unpaired) electrons. The van der Waals surface area contributed by atoms with Crippen LogP contribution >= 0.6 is 0 Å². The summed E-state index contributed by atoms with van der Waals surface area (Å²) in [7, 11) is 0.